The third-order valence-electron chi connectivity index (χ3n) is 4.47. The minimum absolute atomic E-state index is 0.00942. The number of hydrogen-bond donors (Lipinski definition) is 3. The summed E-state index contributed by atoms with van der Waals surface area (Å²) in [4.78, 5) is 17.2. The highest BCUT2D eigenvalue weighted by molar-refractivity contribution is 7.80. The predicted octanol–water partition coefficient (Wildman–Crippen LogP) is 5.58. The number of anilines is 1. The Kier molecular flexibility index (Phi) is 6.34. The summed E-state index contributed by atoms with van der Waals surface area (Å²) in [6.07, 6.45) is 0.00942. The van der Waals surface area contributed by atoms with Crippen molar-refractivity contribution in [1.82, 2.24) is 10.3 Å². The van der Waals surface area contributed by atoms with Crippen LogP contribution in [0.3, 0.4) is 0 Å². The molecule has 4 aromatic rings. The van der Waals surface area contributed by atoms with E-state index in [1.165, 1.54) is 11.3 Å². The van der Waals surface area contributed by atoms with Crippen LogP contribution in [0.4, 0.5) is 5.69 Å². The molecule has 6 nitrogen and oxygen atoms in total. The molecule has 0 aliphatic carbocycles. The summed E-state index contributed by atoms with van der Waals surface area (Å²) in [6, 6.07) is 19.7. The van der Waals surface area contributed by atoms with Gasteiger partial charge in [0.1, 0.15) is 16.5 Å². The van der Waals surface area contributed by atoms with Crippen LogP contribution in [0.25, 0.3) is 20.8 Å². The number of nitrogens with zero attached hydrogens (tertiary/aromatic N) is 1. The lowest BCUT2D eigenvalue weighted by atomic mass is 10.2. The molecule has 1 aromatic heterocycles. The zero-order chi connectivity index (χ0) is 22.7. The Balaban J connectivity index is 1.48. The molecule has 0 aliphatic rings. The van der Waals surface area contributed by atoms with Crippen LogP contribution in [0.5, 0.6) is 11.5 Å². The number of para-hydroxylation sites is 1. The first-order chi connectivity index (χ1) is 15.4. The monoisotopic (exact) mass is 463 g/mol. The number of phenols is 1. The van der Waals surface area contributed by atoms with Crippen LogP contribution in [0, 0.1) is 0 Å². The molecular formula is C24H21N3O3S2. The van der Waals surface area contributed by atoms with E-state index in [4.69, 9.17) is 17.0 Å². The summed E-state index contributed by atoms with van der Waals surface area (Å²) >= 11 is 6.80. The number of hydrogen-bond acceptors (Lipinski definition) is 6. The van der Waals surface area contributed by atoms with E-state index in [2.05, 4.69) is 15.6 Å². The number of benzene rings is 3. The van der Waals surface area contributed by atoms with Crippen molar-refractivity contribution in [3.63, 3.8) is 0 Å². The molecule has 0 spiro atoms. The predicted molar refractivity (Wildman–Crippen MR) is 133 cm³/mol. The maximum atomic E-state index is 12.6. The first-order valence-electron chi connectivity index (χ1n) is 9.97. The first-order valence-corrected chi connectivity index (χ1v) is 11.2. The summed E-state index contributed by atoms with van der Waals surface area (Å²) in [5, 5.41) is 16.9. The molecule has 162 valence electrons. The number of rotatable bonds is 5. The molecule has 0 radical (unpaired) electrons. The van der Waals surface area contributed by atoms with Crippen LogP contribution in [0.15, 0.2) is 66.7 Å². The molecule has 4 rings (SSSR count). The second kappa shape index (κ2) is 9.33. The molecule has 0 fully saturated rings. The highest BCUT2D eigenvalue weighted by Crippen LogP contribution is 2.36. The van der Waals surface area contributed by atoms with Gasteiger partial charge in [-0.25, -0.2) is 4.98 Å². The number of carbonyl (C=O) groups is 1. The average molecular weight is 464 g/mol. The Morgan fingerprint density at radius 3 is 2.69 bits per heavy atom. The molecule has 3 N–H and O–H groups in total. The van der Waals surface area contributed by atoms with Gasteiger partial charge < -0.3 is 15.2 Å². The molecule has 0 unspecified atom stereocenters. The van der Waals surface area contributed by atoms with E-state index in [0.717, 1.165) is 10.2 Å². The normalized spacial score (nSPS) is 10.8. The van der Waals surface area contributed by atoms with E-state index >= 15 is 0 Å². The van der Waals surface area contributed by atoms with E-state index < -0.39 is 0 Å². The first kappa shape index (κ1) is 21.7. The molecule has 0 saturated carbocycles. The molecule has 0 bridgehead atoms. The number of phenolic OH excluding ortho intramolecular Hbond substituents is 1. The number of aromatic hydroxyl groups is 1. The Labute approximate surface area is 194 Å². The second-order valence-corrected chi connectivity index (χ2v) is 8.76. The third-order valence-corrected chi connectivity index (χ3v) is 5.75. The molecule has 0 saturated heterocycles. The van der Waals surface area contributed by atoms with Crippen molar-refractivity contribution in [2.24, 2.45) is 0 Å². The van der Waals surface area contributed by atoms with Crippen LogP contribution in [0.1, 0.15) is 24.2 Å². The number of aromatic nitrogens is 1. The van der Waals surface area contributed by atoms with Crippen molar-refractivity contribution in [2.75, 3.05) is 5.32 Å². The van der Waals surface area contributed by atoms with Gasteiger partial charge in [-0.2, -0.15) is 0 Å². The maximum Gasteiger partial charge on any atom is 0.257 e. The van der Waals surface area contributed by atoms with Gasteiger partial charge >= 0.3 is 0 Å². The molecule has 0 atom stereocenters. The fourth-order valence-corrected chi connectivity index (χ4v) is 4.29. The van der Waals surface area contributed by atoms with Crippen molar-refractivity contribution in [1.29, 1.82) is 0 Å². The van der Waals surface area contributed by atoms with Crippen molar-refractivity contribution < 1.29 is 14.6 Å². The number of carbonyl (C=O) groups excluding carboxylic acids is 1. The molecule has 3 aromatic carbocycles. The van der Waals surface area contributed by atoms with Gasteiger partial charge in [0.2, 0.25) is 0 Å². The third kappa shape index (κ3) is 5.04. The minimum atomic E-state index is -0.345. The van der Waals surface area contributed by atoms with Gasteiger partial charge in [-0.3, -0.25) is 10.1 Å². The van der Waals surface area contributed by atoms with Gasteiger partial charge in [0, 0.05) is 11.3 Å². The number of amides is 1. The summed E-state index contributed by atoms with van der Waals surface area (Å²) < 4.78 is 6.67. The van der Waals surface area contributed by atoms with Gasteiger partial charge in [0.05, 0.1) is 21.9 Å². The standard InChI is InChI=1S/C24H21N3O3S2/c1-14(2)30-17-7-5-6-15(12-17)22(29)27-24(31)25-16-10-11-20(28)18(13-16)23-26-19-8-3-4-9-21(19)32-23/h3-14,28H,1-2H3,(H2,25,27,29,31). The van der Waals surface area contributed by atoms with Crippen LogP contribution >= 0.6 is 23.6 Å². The Morgan fingerprint density at radius 1 is 1.09 bits per heavy atom. The van der Waals surface area contributed by atoms with E-state index in [-0.39, 0.29) is 22.9 Å². The largest absolute Gasteiger partial charge is 0.507 e. The average Bonchev–Trinajstić information content (AvgIpc) is 3.19. The van der Waals surface area contributed by atoms with E-state index in [1.54, 1.807) is 42.5 Å². The summed E-state index contributed by atoms with van der Waals surface area (Å²) in [6.45, 7) is 3.85. The van der Waals surface area contributed by atoms with Crippen molar-refractivity contribution in [3.8, 4) is 22.1 Å². The van der Waals surface area contributed by atoms with Crippen LogP contribution < -0.4 is 15.4 Å². The van der Waals surface area contributed by atoms with Crippen LogP contribution in [-0.2, 0) is 0 Å². The van der Waals surface area contributed by atoms with Crippen LogP contribution in [-0.4, -0.2) is 27.2 Å². The molecular weight excluding hydrogens is 442 g/mol. The molecule has 1 heterocycles. The SMILES string of the molecule is CC(C)Oc1cccc(C(=O)NC(=S)Nc2ccc(O)c(-c3nc4ccccc4s3)c2)c1. The van der Waals surface area contributed by atoms with E-state index in [9.17, 15) is 9.90 Å². The van der Waals surface area contributed by atoms with Crippen molar-refractivity contribution in [2.45, 2.75) is 20.0 Å². The van der Waals surface area contributed by atoms with Gasteiger partial charge in [-0.1, -0.05) is 18.2 Å². The summed E-state index contributed by atoms with van der Waals surface area (Å²) in [5.41, 5.74) is 2.52. The van der Waals surface area contributed by atoms with Crippen molar-refractivity contribution >= 4 is 50.5 Å². The zero-order valence-corrected chi connectivity index (χ0v) is 19.1. The Bertz CT molecular complexity index is 1270. The second-order valence-electron chi connectivity index (χ2n) is 7.32. The maximum absolute atomic E-state index is 12.6. The number of fused-ring (bicyclic) bond motifs is 1. The fraction of sp³-hybridized carbons (Fsp3) is 0.125. The highest BCUT2D eigenvalue weighted by atomic mass is 32.1. The lowest BCUT2D eigenvalue weighted by Crippen LogP contribution is -2.34. The fourth-order valence-electron chi connectivity index (χ4n) is 3.09. The molecule has 32 heavy (non-hydrogen) atoms. The quantitative estimate of drug-likeness (QED) is 0.265. The minimum Gasteiger partial charge on any atom is -0.507 e. The number of ether oxygens (including phenoxy) is 1. The lowest BCUT2D eigenvalue weighted by molar-refractivity contribution is 0.0977. The number of thiocarbonyl (C=S) groups is 1. The van der Waals surface area contributed by atoms with Gasteiger partial charge in [0.15, 0.2) is 5.11 Å². The van der Waals surface area contributed by atoms with E-state index in [1.807, 2.05) is 38.1 Å². The smallest absolute Gasteiger partial charge is 0.257 e. The van der Waals surface area contributed by atoms with Gasteiger partial charge in [-0.05, 0) is 74.6 Å². The lowest BCUT2D eigenvalue weighted by Gasteiger charge is -2.13. The van der Waals surface area contributed by atoms with E-state index in [0.29, 0.717) is 27.6 Å². The Hall–Kier alpha value is -3.49. The number of nitrogens with one attached hydrogen (secondary N) is 2. The molecule has 8 heteroatoms. The number of thiazole rings is 1. The summed E-state index contributed by atoms with van der Waals surface area (Å²) in [5.74, 6) is 0.388. The molecule has 1 amide bonds. The highest BCUT2D eigenvalue weighted by Gasteiger charge is 2.13. The van der Waals surface area contributed by atoms with Gasteiger partial charge in [0.25, 0.3) is 5.91 Å². The van der Waals surface area contributed by atoms with Gasteiger partial charge in [-0.15, -0.1) is 11.3 Å². The zero-order valence-electron chi connectivity index (χ0n) is 17.5. The van der Waals surface area contributed by atoms with Crippen molar-refractivity contribution in [3.05, 3.63) is 72.3 Å². The van der Waals surface area contributed by atoms with Crippen LogP contribution in [0.2, 0.25) is 0 Å². The topological polar surface area (TPSA) is 83.5 Å². The molecule has 0 aliphatic heterocycles. The summed E-state index contributed by atoms with van der Waals surface area (Å²) in [7, 11) is 0. The Morgan fingerprint density at radius 2 is 1.91 bits per heavy atom.